The Hall–Kier alpha value is -1.57. The van der Waals surface area contributed by atoms with Gasteiger partial charge in [0.1, 0.15) is 5.78 Å². The summed E-state index contributed by atoms with van der Waals surface area (Å²) >= 11 is 0. The van der Waals surface area contributed by atoms with Gasteiger partial charge in [-0.2, -0.15) is 0 Å². The average Bonchev–Trinajstić information content (AvgIpc) is 2.54. The minimum atomic E-state index is 0.369. The molecule has 0 amide bonds. The molecule has 82 valence electrons. The Labute approximate surface area is 94.7 Å². The molecular formula is C14H15NO. The fourth-order valence-corrected chi connectivity index (χ4v) is 2.81. The van der Waals surface area contributed by atoms with Gasteiger partial charge in [0, 0.05) is 29.4 Å². The number of carbonyl (C=O) groups excluding carboxylic acids is 1. The van der Waals surface area contributed by atoms with Crippen LogP contribution in [-0.2, 0) is 17.6 Å². The maximum absolute atomic E-state index is 11.5. The predicted octanol–water partition coefficient (Wildman–Crippen LogP) is 2.84. The van der Waals surface area contributed by atoms with E-state index in [1.54, 1.807) is 0 Å². The van der Waals surface area contributed by atoms with Gasteiger partial charge >= 0.3 is 0 Å². The molecule has 16 heavy (non-hydrogen) atoms. The number of rotatable bonds is 0. The molecule has 0 spiro atoms. The largest absolute Gasteiger partial charge is 0.358 e. The highest BCUT2D eigenvalue weighted by molar-refractivity contribution is 5.94. The minimum absolute atomic E-state index is 0.369. The van der Waals surface area contributed by atoms with Gasteiger partial charge in [-0.05, 0) is 43.0 Å². The van der Waals surface area contributed by atoms with Crippen LogP contribution in [-0.4, -0.2) is 10.8 Å². The fraction of sp³-hybridized carbons (Fsp3) is 0.357. The van der Waals surface area contributed by atoms with Crippen LogP contribution in [0.5, 0.6) is 0 Å². The van der Waals surface area contributed by atoms with E-state index in [4.69, 9.17) is 0 Å². The van der Waals surface area contributed by atoms with E-state index in [1.165, 1.54) is 33.3 Å². The second kappa shape index (κ2) is 3.21. The van der Waals surface area contributed by atoms with E-state index in [1.807, 2.05) is 0 Å². The molecule has 0 saturated carbocycles. The standard InChI is InChI=1S/C14H15NO/c1-8-5-9(2)14-11-7-10(16)3-4-12(11)15-13(14)6-8/h5-6,15H,3-4,7H2,1-2H3. The number of H-pyrrole nitrogens is 1. The first-order valence-corrected chi connectivity index (χ1v) is 5.77. The van der Waals surface area contributed by atoms with Crippen LogP contribution >= 0.6 is 0 Å². The lowest BCUT2D eigenvalue weighted by molar-refractivity contribution is -0.118. The van der Waals surface area contributed by atoms with Gasteiger partial charge in [-0.25, -0.2) is 0 Å². The number of aromatic amines is 1. The molecule has 1 aliphatic carbocycles. The molecule has 1 aliphatic rings. The zero-order chi connectivity index (χ0) is 11.3. The third-order valence-electron chi connectivity index (χ3n) is 3.46. The summed E-state index contributed by atoms with van der Waals surface area (Å²) in [5, 5.41) is 1.27. The first kappa shape index (κ1) is 9.64. The van der Waals surface area contributed by atoms with Crippen molar-refractivity contribution >= 4 is 16.7 Å². The van der Waals surface area contributed by atoms with Crippen molar-refractivity contribution in [2.45, 2.75) is 33.1 Å². The number of benzene rings is 1. The van der Waals surface area contributed by atoms with Gasteiger partial charge in [0.25, 0.3) is 0 Å². The van der Waals surface area contributed by atoms with Crippen LogP contribution in [0, 0.1) is 13.8 Å². The molecule has 0 bridgehead atoms. The second-order valence-electron chi connectivity index (χ2n) is 4.80. The zero-order valence-corrected chi connectivity index (χ0v) is 9.68. The molecule has 0 aliphatic heterocycles. The molecule has 0 saturated heterocycles. The molecule has 2 heteroatoms. The summed E-state index contributed by atoms with van der Waals surface area (Å²) in [6, 6.07) is 4.36. The van der Waals surface area contributed by atoms with Gasteiger partial charge < -0.3 is 4.98 Å². The van der Waals surface area contributed by atoms with E-state index in [0.717, 1.165) is 6.42 Å². The van der Waals surface area contributed by atoms with Crippen molar-refractivity contribution in [2.24, 2.45) is 0 Å². The highest BCUT2D eigenvalue weighted by atomic mass is 16.1. The van der Waals surface area contributed by atoms with Gasteiger partial charge in [-0.15, -0.1) is 0 Å². The summed E-state index contributed by atoms with van der Waals surface area (Å²) in [4.78, 5) is 15.0. The molecule has 0 atom stereocenters. The summed E-state index contributed by atoms with van der Waals surface area (Å²) in [6.07, 6.45) is 2.18. The van der Waals surface area contributed by atoms with Crippen molar-refractivity contribution in [1.29, 1.82) is 0 Å². The summed E-state index contributed by atoms with van der Waals surface area (Å²) in [5.41, 5.74) is 6.25. The third kappa shape index (κ3) is 1.29. The maximum atomic E-state index is 11.5. The quantitative estimate of drug-likeness (QED) is 0.717. The molecule has 2 aromatic rings. The Morgan fingerprint density at radius 1 is 1.19 bits per heavy atom. The molecule has 2 nitrogen and oxygen atoms in total. The van der Waals surface area contributed by atoms with Crippen LogP contribution in [0.1, 0.15) is 28.8 Å². The topological polar surface area (TPSA) is 32.9 Å². The number of aryl methyl sites for hydroxylation is 3. The Bertz CT molecular complexity index is 592. The summed E-state index contributed by atoms with van der Waals surface area (Å²) < 4.78 is 0. The number of hydrogen-bond acceptors (Lipinski definition) is 1. The number of hydrogen-bond donors (Lipinski definition) is 1. The molecule has 0 unspecified atom stereocenters. The van der Waals surface area contributed by atoms with Crippen molar-refractivity contribution in [3.63, 3.8) is 0 Å². The first-order chi connectivity index (χ1) is 7.65. The molecule has 1 heterocycles. The summed E-state index contributed by atoms with van der Waals surface area (Å²) in [5.74, 6) is 0.369. The third-order valence-corrected chi connectivity index (χ3v) is 3.46. The number of aromatic nitrogens is 1. The molecule has 1 aromatic carbocycles. The van der Waals surface area contributed by atoms with Gasteiger partial charge in [0.2, 0.25) is 0 Å². The second-order valence-corrected chi connectivity index (χ2v) is 4.80. The highest BCUT2D eigenvalue weighted by Crippen LogP contribution is 2.30. The fourth-order valence-electron chi connectivity index (χ4n) is 2.81. The Balaban J connectivity index is 2.34. The summed E-state index contributed by atoms with van der Waals surface area (Å²) in [7, 11) is 0. The smallest absolute Gasteiger partial charge is 0.137 e. The molecular weight excluding hydrogens is 198 g/mol. The highest BCUT2D eigenvalue weighted by Gasteiger charge is 2.21. The van der Waals surface area contributed by atoms with Crippen molar-refractivity contribution < 1.29 is 4.79 Å². The average molecular weight is 213 g/mol. The van der Waals surface area contributed by atoms with Crippen LogP contribution in [0.4, 0.5) is 0 Å². The van der Waals surface area contributed by atoms with E-state index in [9.17, 15) is 4.79 Å². The first-order valence-electron chi connectivity index (χ1n) is 5.77. The van der Waals surface area contributed by atoms with E-state index in [-0.39, 0.29) is 0 Å². The summed E-state index contributed by atoms with van der Waals surface area (Å²) in [6.45, 7) is 4.24. The van der Waals surface area contributed by atoms with Crippen LogP contribution in [0.15, 0.2) is 12.1 Å². The van der Waals surface area contributed by atoms with Crippen LogP contribution in [0.3, 0.4) is 0 Å². The minimum Gasteiger partial charge on any atom is -0.358 e. The van der Waals surface area contributed by atoms with E-state index < -0.39 is 0 Å². The Kier molecular flexibility index (Phi) is 1.93. The van der Waals surface area contributed by atoms with Crippen LogP contribution < -0.4 is 0 Å². The monoisotopic (exact) mass is 213 g/mol. The van der Waals surface area contributed by atoms with Crippen molar-refractivity contribution in [3.8, 4) is 0 Å². The molecule has 0 fully saturated rings. The normalized spacial score (nSPS) is 15.5. The van der Waals surface area contributed by atoms with Crippen LogP contribution in [0.25, 0.3) is 10.9 Å². The molecule has 0 radical (unpaired) electrons. The Morgan fingerprint density at radius 2 is 2.00 bits per heavy atom. The van der Waals surface area contributed by atoms with E-state index in [2.05, 4.69) is 31.0 Å². The van der Waals surface area contributed by atoms with Crippen molar-refractivity contribution in [1.82, 2.24) is 4.98 Å². The molecule has 1 aromatic heterocycles. The predicted molar refractivity (Wildman–Crippen MR) is 64.8 cm³/mol. The van der Waals surface area contributed by atoms with Crippen molar-refractivity contribution in [3.05, 3.63) is 34.5 Å². The van der Waals surface area contributed by atoms with Crippen molar-refractivity contribution in [2.75, 3.05) is 0 Å². The van der Waals surface area contributed by atoms with Gasteiger partial charge in [-0.1, -0.05) is 6.07 Å². The number of carbonyl (C=O) groups is 1. The van der Waals surface area contributed by atoms with Gasteiger partial charge in [0.15, 0.2) is 0 Å². The SMILES string of the molecule is Cc1cc(C)c2c3c([nH]c2c1)CCC(=O)C3. The Morgan fingerprint density at radius 3 is 2.81 bits per heavy atom. The van der Waals surface area contributed by atoms with Gasteiger partial charge in [0.05, 0.1) is 0 Å². The van der Waals surface area contributed by atoms with E-state index in [0.29, 0.717) is 18.6 Å². The lowest BCUT2D eigenvalue weighted by Gasteiger charge is -2.10. The lowest BCUT2D eigenvalue weighted by Crippen LogP contribution is -2.12. The number of nitrogens with one attached hydrogen (secondary N) is 1. The van der Waals surface area contributed by atoms with Crippen LogP contribution in [0.2, 0.25) is 0 Å². The zero-order valence-electron chi connectivity index (χ0n) is 9.68. The van der Waals surface area contributed by atoms with Gasteiger partial charge in [-0.3, -0.25) is 4.79 Å². The molecule has 1 N–H and O–H groups in total. The van der Waals surface area contributed by atoms with E-state index >= 15 is 0 Å². The number of ketones is 1. The molecule has 3 rings (SSSR count). The maximum Gasteiger partial charge on any atom is 0.137 e. The lowest BCUT2D eigenvalue weighted by atomic mass is 9.93. The number of fused-ring (bicyclic) bond motifs is 3. The number of Topliss-reactive ketones (excluding diaryl/α,β-unsaturated/α-hetero) is 1.